The molecule has 0 aliphatic heterocycles. The number of carbonyl (C=O) groups excluding carboxylic acids is 1. The van der Waals surface area contributed by atoms with E-state index in [9.17, 15) is 13.2 Å². The predicted octanol–water partition coefficient (Wildman–Crippen LogP) is 5.49. The average Bonchev–Trinajstić information content (AvgIpc) is 3.33. The molecule has 1 amide bonds. The Balaban J connectivity index is 1.60. The highest BCUT2D eigenvalue weighted by Crippen LogP contribution is 2.31. The van der Waals surface area contributed by atoms with Crippen LogP contribution in [0.3, 0.4) is 0 Å². The molecule has 1 heterocycles. The first kappa shape index (κ1) is 23.5. The number of hydrogen-bond acceptors (Lipinski definition) is 6. The van der Waals surface area contributed by atoms with Crippen molar-refractivity contribution in [3.63, 3.8) is 0 Å². The van der Waals surface area contributed by atoms with Gasteiger partial charge in [-0.1, -0.05) is 48.5 Å². The number of benzene rings is 3. The molecule has 0 radical (unpaired) electrons. The summed E-state index contributed by atoms with van der Waals surface area (Å²) in [4.78, 5) is 17.5. The van der Waals surface area contributed by atoms with Crippen molar-refractivity contribution >= 4 is 38.6 Å². The lowest BCUT2D eigenvalue weighted by Crippen LogP contribution is -2.17. The first-order valence-corrected chi connectivity index (χ1v) is 12.7. The van der Waals surface area contributed by atoms with Gasteiger partial charge in [-0.15, -0.1) is 11.3 Å². The van der Waals surface area contributed by atoms with Crippen molar-refractivity contribution in [1.82, 2.24) is 4.98 Å². The van der Waals surface area contributed by atoms with Crippen molar-refractivity contribution in [3.8, 4) is 16.3 Å². The Labute approximate surface area is 202 Å². The molecule has 0 saturated heterocycles. The van der Waals surface area contributed by atoms with Crippen molar-refractivity contribution in [2.24, 2.45) is 0 Å². The van der Waals surface area contributed by atoms with Crippen LogP contribution in [0.5, 0.6) is 5.75 Å². The lowest BCUT2D eigenvalue weighted by Gasteiger charge is -2.16. The number of carbonyl (C=O) groups is 1. The molecule has 0 fully saturated rings. The largest absolute Gasteiger partial charge is 0.495 e. The molecule has 0 spiro atoms. The molecule has 174 valence electrons. The van der Waals surface area contributed by atoms with E-state index < -0.39 is 10.0 Å². The Morgan fingerprint density at radius 3 is 2.35 bits per heavy atom. The topological polar surface area (TPSA) is 97.4 Å². The lowest BCUT2D eigenvalue weighted by molar-refractivity contribution is 0.103. The summed E-state index contributed by atoms with van der Waals surface area (Å²) >= 11 is 1.26. The number of aryl methyl sites for hydroxylation is 2. The molecule has 34 heavy (non-hydrogen) atoms. The van der Waals surface area contributed by atoms with Crippen LogP contribution < -0.4 is 14.8 Å². The number of aromatic nitrogens is 1. The maximum absolute atomic E-state index is 13.2. The second-order valence-corrected chi connectivity index (χ2v) is 10.3. The molecule has 3 aromatic carbocycles. The first-order valence-electron chi connectivity index (χ1n) is 10.4. The lowest BCUT2D eigenvalue weighted by atomic mass is 10.1. The zero-order chi connectivity index (χ0) is 24.3. The van der Waals surface area contributed by atoms with Crippen LogP contribution in [0, 0.1) is 13.8 Å². The van der Waals surface area contributed by atoms with Gasteiger partial charge in [0.25, 0.3) is 15.9 Å². The Bertz CT molecular complexity index is 1430. The smallest absolute Gasteiger partial charge is 0.267 e. The fourth-order valence-corrected chi connectivity index (χ4v) is 5.63. The third kappa shape index (κ3) is 4.95. The van der Waals surface area contributed by atoms with E-state index in [1.165, 1.54) is 36.8 Å². The van der Waals surface area contributed by atoms with Crippen LogP contribution in [0.1, 0.15) is 20.8 Å². The Hall–Kier alpha value is -3.69. The minimum atomic E-state index is -3.99. The van der Waals surface area contributed by atoms with E-state index in [1.54, 1.807) is 6.07 Å². The molecule has 7 nitrogen and oxygen atoms in total. The van der Waals surface area contributed by atoms with Crippen molar-refractivity contribution in [1.29, 1.82) is 0 Å². The Kier molecular flexibility index (Phi) is 6.67. The number of thiazole rings is 1. The summed E-state index contributed by atoms with van der Waals surface area (Å²) in [6.45, 7) is 3.66. The highest BCUT2D eigenvalue weighted by Gasteiger charge is 2.23. The minimum absolute atomic E-state index is 0.0790. The molecule has 0 bridgehead atoms. The third-order valence-electron chi connectivity index (χ3n) is 5.18. The van der Waals surface area contributed by atoms with Crippen LogP contribution >= 0.6 is 11.3 Å². The van der Waals surface area contributed by atoms with Gasteiger partial charge in [0.2, 0.25) is 0 Å². The summed E-state index contributed by atoms with van der Waals surface area (Å²) < 4.78 is 34.4. The molecule has 4 rings (SSSR count). The number of anilines is 2. The van der Waals surface area contributed by atoms with Crippen LogP contribution in [-0.4, -0.2) is 26.4 Å². The van der Waals surface area contributed by atoms with Crippen LogP contribution in [0.2, 0.25) is 0 Å². The first-order chi connectivity index (χ1) is 16.3. The molecule has 0 unspecified atom stereocenters. The second kappa shape index (κ2) is 9.66. The number of nitrogens with zero attached hydrogens (tertiary/aromatic N) is 1. The molecule has 0 aliphatic rings. The Morgan fingerprint density at radius 1 is 0.971 bits per heavy atom. The maximum atomic E-state index is 13.2. The molecule has 2 N–H and O–H groups in total. The van der Waals surface area contributed by atoms with Gasteiger partial charge >= 0.3 is 0 Å². The zero-order valence-electron chi connectivity index (χ0n) is 18.8. The predicted molar refractivity (Wildman–Crippen MR) is 135 cm³/mol. The number of sulfonamides is 1. The quantitative estimate of drug-likeness (QED) is 0.355. The van der Waals surface area contributed by atoms with Crippen LogP contribution in [0.4, 0.5) is 11.4 Å². The highest BCUT2D eigenvalue weighted by molar-refractivity contribution is 7.92. The van der Waals surface area contributed by atoms with Gasteiger partial charge in [0.1, 0.15) is 20.5 Å². The van der Waals surface area contributed by atoms with E-state index in [2.05, 4.69) is 15.0 Å². The summed E-state index contributed by atoms with van der Waals surface area (Å²) in [5, 5.41) is 3.48. The summed E-state index contributed by atoms with van der Waals surface area (Å²) in [5.41, 5.74) is 3.35. The number of nitrogens with one attached hydrogen (secondary N) is 2. The van der Waals surface area contributed by atoms with Gasteiger partial charge < -0.3 is 10.1 Å². The number of rotatable bonds is 7. The van der Waals surface area contributed by atoms with Gasteiger partial charge in [-0.3, -0.25) is 9.52 Å². The second-order valence-electron chi connectivity index (χ2n) is 7.59. The fourth-order valence-electron chi connectivity index (χ4n) is 3.42. The van der Waals surface area contributed by atoms with Gasteiger partial charge in [0.05, 0.1) is 19.0 Å². The van der Waals surface area contributed by atoms with Crippen LogP contribution in [0.15, 0.2) is 77.8 Å². The molecule has 0 aliphatic carbocycles. The van der Waals surface area contributed by atoms with E-state index >= 15 is 0 Å². The van der Waals surface area contributed by atoms with Crippen LogP contribution in [0.25, 0.3) is 10.6 Å². The van der Waals surface area contributed by atoms with Crippen LogP contribution in [-0.2, 0) is 10.0 Å². The monoisotopic (exact) mass is 493 g/mol. The van der Waals surface area contributed by atoms with E-state index in [-0.39, 0.29) is 16.6 Å². The number of para-hydroxylation sites is 1. The normalized spacial score (nSPS) is 11.1. The van der Waals surface area contributed by atoms with Crippen molar-refractivity contribution in [2.45, 2.75) is 18.7 Å². The fraction of sp³-hybridized carbons (Fsp3) is 0.120. The molecule has 0 atom stereocenters. The van der Waals surface area contributed by atoms with Crippen molar-refractivity contribution < 1.29 is 17.9 Å². The van der Waals surface area contributed by atoms with Gasteiger partial charge in [-0.2, -0.15) is 0 Å². The number of amides is 1. The van der Waals surface area contributed by atoms with Gasteiger partial charge in [-0.05, 0) is 43.2 Å². The standard InChI is InChI=1S/C25H23N3O4S2/c1-16-8-7-9-17(2)23(16)28-34(30,31)22-14-19(12-13-20(22)32-3)27-24(29)21-15-26-25(33-21)18-10-5-4-6-11-18/h4-15,28H,1-3H3,(H,27,29). The molecule has 0 saturated carbocycles. The number of ether oxygens (including phenoxy) is 1. The average molecular weight is 494 g/mol. The van der Waals surface area contributed by atoms with Gasteiger partial charge in [0.15, 0.2) is 0 Å². The van der Waals surface area contributed by atoms with Gasteiger partial charge in [-0.25, -0.2) is 13.4 Å². The molecule has 9 heteroatoms. The van der Waals surface area contributed by atoms with E-state index in [0.717, 1.165) is 21.7 Å². The van der Waals surface area contributed by atoms with E-state index in [4.69, 9.17) is 4.74 Å². The summed E-state index contributed by atoms with van der Waals surface area (Å²) in [6, 6.07) is 19.6. The Morgan fingerprint density at radius 2 is 1.68 bits per heavy atom. The molecular weight excluding hydrogens is 470 g/mol. The van der Waals surface area contributed by atoms with Crippen molar-refractivity contribution in [2.75, 3.05) is 17.1 Å². The zero-order valence-corrected chi connectivity index (χ0v) is 20.5. The van der Waals surface area contributed by atoms with Gasteiger partial charge in [0, 0.05) is 11.3 Å². The molecular formula is C25H23N3O4S2. The third-order valence-corrected chi connectivity index (χ3v) is 7.59. The van der Waals surface area contributed by atoms with E-state index in [0.29, 0.717) is 16.3 Å². The summed E-state index contributed by atoms with van der Waals surface area (Å²) in [7, 11) is -2.60. The van der Waals surface area contributed by atoms with E-state index in [1.807, 2.05) is 62.4 Å². The summed E-state index contributed by atoms with van der Waals surface area (Å²) in [5.74, 6) is -0.211. The SMILES string of the molecule is COc1ccc(NC(=O)c2cnc(-c3ccccc3)s2)cc1S(=O)(=O)Nc1c(C)cccc1C. The molecule has 4 aromatic rings. The number of hydrogen-bond donors (Lipinski definition) is 2. The minimum Gasteiger partial charge on any atom is -0.495 e. The maximum Gasteiger partial charge on any atom is 0.267 e. The van der Waals surface area contributed by atoms with Crippen molar-refractivity contribution in [3.05, 3.63) is 88.9 Å². The summed E-state index contributed by atoms with van der Waals surface area (Å²) in [6.07, 6.45) is 1.51. The molecule has 1 aromatic heterocycles. The highest BCUT2D eigenvalue weighted by atomic mass is 32.2. The number of methoxy groups -OCH3 is 1.